The van der Waals surface area contributed by atoms with Crippen molar-refractivity contribution < 1.29 is 14.3 Å². The summed E-state index contributed by atoms with van der Waals surface area (Å²) in [4.78, 5) is 19.6. The van der Waals surface area contributed by atoms with E-state index < -0.39 is 0 Å². The van der Waals surface area contributed by atoms with Crippen molar-refractivity contribution in [2.24, 2.45) is 0 Å². The van der Waals surface area contributed by atoms with E-state index in [-0.39, 0.29) is 18.7 Å². The molecule has 0 radical (unpaired) electrons. The van der Waals surface area contributed by atoms with Gasteiger partial charge in [0.15, 0.2) is 11.5 Å². The van der Waals surface area contributed by atoms with Gasteiger partial charge >= 0.3 is 0 Å². The van der Waals surface area contributed by atoms with Crippen molar-refractivity contribution in [1.29, 1.82) is 0 Å². The molecule has 0 saturated carbocycles. The molecule has 5 rings (SSSR count). The molecule has 1 aromatic heterocycles. The van der Waals surface area contributed by atoms with Gasteiger partial charge in [-0.05, 0) is 49.2 Å². The van der Waals surface area contributed by atoms with Crippen molar-refractivity contribution >= 4 is 27.5 Å². The summed E-state index contributed by atoms with van der Waals surface area (Å²) < 4.78 is 11.9. The van der Waals surface area contributed by atoms with Crippen LogP contribution in [0.1, 0.15) is 29.5 Å². The van der Waals surface area contributed by atoms with Gasteiger partial charge < -0.3 is 14.8 Å². The highest BCUT2D eigenvalue weighted by atomic mass is 32.1. The van der Waals surface area contributed by atoms with E-state index in [1.165, 1.54) is 4.70 Å². The van der Waals surface area contributed by atoms with Gasteiger partial charge in [-0.1, -0.05) is 18.2 Å². The number of para-hydroxylation sites is 1. The minimum absolute atomic E-state index is 0.0330. The van der Waals surface area contributed by atoms with Crippen LogP contribution in [0.4, 0.5) is 0 Å². The smallest absolute Gasteiger partial charge is 0.234 e. The number of aromatic nitrogens is 1. The fourth-order valence-electron chi connectivity index (χ4n) is 3.82. The van der Waals surface area contributed by atoms with Crippen LogP contribution in [0.2, 0.25) is 0 Å². The van der Waals surface area contributed by atoms with Gasteiger partial charge in [0, 0.05) is 6.54 Å². The molecule has 144 valence electrons. The molecule has 0 spiro atoms. The van der Waals surface area contributed by atoms with Crippen LogP contribution in [-0.2, 0) is 11.3 Å². The van der Waals surface area contributed by atoms with E-state index in [0.29, 0.717) is 13.1 Å². The van der Waals surface area contributed by atoms with E-state index in [9.17, 15) is 4.79 Å². The maximum Gasteiger partial charge on any atom is 0.234 e. The predicted molar refractivity (Wildman–Crippen MR) is 108 cm³/mol. The first-order valence-electron chi connectivity index (χ1n) is 9.51. The number of hydrogen-bond donors (Lipinski definition) is 1. The average Bonchev–Trinajstić information content (AvgIpc) is 3.44. The van der Waals surface area contributed by atoms with Crippen molar-refractivity contribution in [3.63, 3.8) is 0 Å². The highest BCUT2D eigenvalue weighted by Crippen LogP contribution is 2.36. The molecule has 2 aliphatic rings. The van der Waals surface area contributed by atoms with Gasteiger partial charge in [-0.2, -0.15) is 0 Å². The molecule has 1 atom stereocenters. The molecule has 28 heavy (non-hydrogen) atoms. The van der Waals surface area contributed by atoms with Crippen LogP contribution in [-0.4, -0.2) is 35.7 Å². The Morgan fingerprint density at radius 1 is 1.21 bits per heavy atom. The van der Waals surface area contributed by atoms with E-state index in [4.69, 9.17) is 14.5 Å². The first kappa shape index (κ1) is 17.5. The van der Waals surface area contributed by atoms with Crippen LogP contribution < -0.4 is 14.8 Å². The maximum absolute atomic E-state index is 12.5. The lowest BCUT2D eigenvalue weighted by Gasteiger charge is -2.22. The highest BCUT2D eigenvalue weighted by molar-refractivity contribution is 7.18. The number of likely N-dealkylation sites (tertiary alicyclic amines) is 1. The summed E-state index contributed by atoms with van der Waals surface area (Å²) in [5.41, 5.74) is 2.04. The zero-order valence-electron chi connectivity index (χ0n) is 15.4. The Labute approximate surface area is 167 Å². The van der Waals surface area contributed by atoms with Crippen molar-refractivity contribution in [2.75, 3.05) is 19.9 Å². The summed E-state index contributed by atoms with van der Waals surface area (Å²) in [6.07, 6.45) is 2.14. The Morgan fingerprint density at radius 3 is 3.04 bits per heavy atom. The molecule has 1 N–H and O–H groups in total. The molecule has 6 nitrogen and oxygen atoms in total. The molecule has 2 aromatic carbocycles. The fourth-order valence-corrected chi connectivity index (χ4v) is 4.96. The summed E-state index contributed by atoms with van der Waals surface area (Å²) in [5, 5.41) is 4.13. The summed E-state index contributed by atoms with van der Waals surface area (Å²) in [6.45, 7) is 2.06. The Bertz CT molecular complexity index is 986. The molecular weight excluding hydrogens is 374 g/mol. The second-order valence-electron chi connectivity index (χ2n) is 7.11. The topological polar surface area (TPSA) is 63.7 Å². The van der Waals surface area contributed by atoms with Gasteiger partial charge in [-0.3, -0.25) is 9.69 Å². The first-order valence-corrected chi connectivity index (χ1v) is 10.3. The van der Waals surface area contributed by atoms with Crippen LogP contribution >= 0.6 is 11.3 Å². The van der Waals surface area contributed by atoms with E-state index in [1.807, 2.05) is 36.4 Å². The number of amides is 1. The van der Waals surface area contributed by atoms with E-state index in [2.05, 4.69) is 16.3 Å². The molecule has 3 aromatic rings. The number of ether oxygens (including phenoxy) is 2. The number of rotatable bonds is 5. The van der Waals surface area contributed by atoms with Crippen molar-refractivity contribution in [3.8, 4) is 11.5 Å². The lowest BCUT2D eigenvalue weighted by Crippen LogP contribution is -2.36. The molecule has 0 unspecified atom stereocenters. The van der Waals surface area contributed by atoms with Gasteiger partial charge in [0.1, 0.15) is 5.01 Å². The minimum Gasteiger partial charge on any atom is -0.454 e. The minimum atomic E-state index is 0.0330. The highest BCUT2D eigenvalue weighted by Gasteiger charge is 2.30. The van der Waals surface area contributed by atoms with Crippen molar-refractivity contribution in [1.82, 2.24) is 15.2 Å². The fraction of sp³-hybridized carbons (Fsp3) is 0.333. The van der Waals surface area contributed by atoms with Crippen LogP contribution in [0, 0.1) is 0 Å². The van der Waals surface area contributed by atoms with Gasteiger partial charge in [0.05, 0.1) is 22.8 Å². The lowest BCUT2D eigenvalue weighted by atomic mass is 10.2. The van der Waals surface area contributed by atoms with E-state index in [0.717, 1.165) is 47.0 Å². The molecule has 1 saturated heterocycles. The van der Waals surface area contributed by atoms with Crippen LogP contribution in [0.5, 0.6) is 11.5 Å². The Morgan fingerprint density at radius 2 is 2.11 bits per heavy atom. The number of benzene rings is 2. The van der Waals surface area contributed by atoms with Crippen molar-refractivity contribution in [3.05, 3.63) is 53.0 Å². The largest absolute Gasteiger partial charge is 0.454 e. The second kappa shape index (κ2) is 7.41. The molecule has 1 fully saturated rings. The second-order valence-corrected chi connectivity index (χ2v) is 8.17. The SMILES string of the molecule is O=C(CN1CCC[C@H]1c1nc2ccccc2s1)NCc1ccc2c(c1)OCO2. The summed E-state index contributed by atoms with van der Waals surface area (Å²) >= 11 is 1.74. The predicted octanol–water partition coefficient (Wildman–Crippen LogP) is 3.48. The van der Waals surface area contributed by atoms with Crippen LogP contribution in [0.3, 0.4) is 0 Å². The third-order valence-corrected chi connectivity index (χ3v) is 6.37. The number of nitrogens with zero attached hydrogens (tertiary/aromatic N) is 2. The van der Waals surface area contributed by atoms with E-state index >= 15 is 0 Å². The summed E-state index contributed by atoms with van der Waals surface area (Å²) in [6, 6.07) is 14.2. The first-order chi connectivity index (χ1) is 13.8. The van der Waals surface area contributed by atoms with Crippen molar-refractivity contribution in [2.45, 2.75) is 25.4 Å². The number of hydrogen-bond acceptors (Lipinski definition) is 6. The van der Waals surface area contributed by atoms with Gasteiger partial charge in [0.2, 0.25) is 12.7 Å². The standard InChI is InChI=1S/C21H21N3O3S/c25-20(22-11-14-7-8-17-18(10-14)27-13-26-17)12-24-9-3-5-16(24)21-23-15-4-1-2-6-19(15)28-21/h1-2,4,6-8,10,16H,3,5,9,11-13H2,(H,22,25)/t16-/m0/s1. The monoisotopic (exact) mass is 395 g/mol. The quantitative estimate of drug-likeness (QED) is 0.717. The van der Waals surface area contributed by atoms with Gasteiger partial charge in [-0.15, -0.1) is 11.3 Å². The number of nitrogens with one attached hydrogen (secondary N) is 1. The zero-order chi connectivity index (χ0) is 18.9. The molecule has 7 heteroatoms. The molecule has 0 aliphatic carbocycles. The summed E-state index contributed by atoms with van der Waals surface area (Å²) in [5.74, 6) is 1.53. The lowest BCUT2D eigenvalue weighted by molar-refractivity contribution is -0.122. The third kappa shape index (κ3) is 3.43. The van der Waals surface area contributed by atoms with E-state index in [1.54, 1.807) is 11.3 Å². The molecule has 1 amide bonds. The third-order valence-electron chi connectivity index (χ3n) is 5.23. The number of fused-ring (bicyclic) bond motifs is 2. The van der Waals surface area contributed by atoms with Gasteiger partial charge in [0.25, 0.3) is 0 Å². The molecule has 2 aliphatic heterocycles. The molecule has 0 bridgehead atoms. The average molecular weight is 395 g/mol. The van der Waals surface area contributed by atoms with Crippen LogP contribution in [0.25, 0.3) is 10.2 Å². The number of thiazole rings is 1. The molecule has 3 heterocycles. The van der Waals surface area contributed by atoms with Gasteiger partial charge in [-0.25, -0.2) is 4.98 Å². The Hall–Kier alpha value is -2.64. The Kier molecular flexibility index (Phi) is 4.62. The molecular formula is C21H21N3O3S. The normalized spacial score (nSPS) is 18.6. The Balaban J connectivity index is 1.21. The zero-order valence-corrected chi connectivity index (χ0v) is 16.2. The van der Waals surface area contributed by atoms with Crippen LogP contribution in [0.15, 0.2) is 42.5 Å². The number of carbonyl (C=O) groups is 1. The maximum atomic E-state index is 12.5. The summed E-state index contributed by atoms with van der Waals surface area (Å²) in [7, 11) is 0. The number of carbonyl (C=O) groups excluding carboxylic acids is 1.